The predicted molar refractivity (Wildman–Crippen MR) is 50.8 cm³/mol. The van der Waals surface area contributed by atoms with Gasteiger partial charge in [0.2, 0.25) is 0 Å². The van der Waals surface area contributed by atoms with Gasteiger partial charge in [0.25, 0.3) is 0 Å². The van der Waals surface area contributed by atoms with E-state index in [1.54, 1.807) is 24.3 Å². The largest absolute Gasteiger partial charge is 0.872 e. The van der Waals surface area contributed by atoms with Crippen LogP contribution in [0.4, 0.5) is 0 Å². The van der Waals surface area contributed by atoms with Gasteiger partial charge in [-0.05, 0) is 11.1 Å². The molecule has 70 valence electrons. The van der Waals surface area contributed by atoms with Crippen LogP contribution in [0.5, 0.6) is 11.5 Å². The van der Waals surface area contributed by atoms with Crippen LogP contribution in [0.25, 0.3) is 11.1 Å². The van der Waals surface area contributed by atoms with E-state index >= 15 is 0 Å². The Morgan fingerprint density at radius 2 is 0.786 bits per heavy atom. The molecule has 0 aromatic heterocycles. The SMILES string of the molecule is [O-]c1ccc(-c2ccc([O-])cc2)cc1. The van der Waals surface area contributed by atoms with Crippen LogP contribution in [0.15, 0.2) is 48.5 Å². The summed E-state index contributed by atoms with van der Waals surface area (Å²) in [5.41, 5.74) is 1.90. The van der Waals surface area contributed by atoms with Gasteiger partial charge < -0.3 is 10.2 Å². The van der Waals surface area contributed by atoms with Crippen LogP contribution in [0.1, 0.15) is 0 Å². The Hall–Kier alpha value is -1.96. The van der Waals surface area contributed by atoms with Gasteiger partial charge in [-0.1, -0.05) is 48.5 Å². The first-order valence-corrected chi connectivity index (χ1v) is 4.30. The summed E-state index contributed by atoms with van der Waals surface area (Å²) < 4.78 is 0. The van der Waals surface area contributed by atoms with Gasteiger partial charge in [-0.2, -0.15) is 0 Å². The highest BCUT2D eigenvalue weighted by Gasteiger charge is 1.93. The fraction of sp³-hybridized carbons (Fsp3) is 0. The van der Waals surface area contributed by atoms with Crippen molar-refractivity contribution in [3.63, 3.8) is 0 Å². The average molecular weight is 184 g/mol. The number of hydrogen-bond donors (Lipinski definition) is 0. The fourth-order valence-corrected chi connectivity index (χ4v) is 1.29. The molecule has 0 spiro atoms. The maximum atomic E-state index is 10.9. The molecule has 2 rings (SSSR count). The van der Waals surface area contributed by atoms with Crippen LogP contribution in [0.3, 0.4) is 0 Å². The van der Waals surface area contributed by atoms with Gasteiger partial charge >= 0.3 is 0 Å². The molecule has 0 amide bonds. The first-order chi connectivity index (χ1) is 6.75. The van der Waals surface area contributed by atoms with Crippen molar-refractivity contribution < 1.29 is 10.2 Å². The summed E-state index contributed by atoms with van der Waals surface area (Å²) in [5, 5.41) is 21.7. The Balaban J connectivity index is 2.40. The van der Waals surface area contributed by atoms with Gasteiger partial charge in [0.15, 0.2) is 0 Å². The van der Waals surface area contributed by atoms with E-state index in [1.807, 2.05) is 0 Å². The monoisotopic (exact) mass is 184 g/mol. The third-order valence-electron chi connectivity index (χ3n) is 2.04. The summed E-state index contributed by atoms with van der Waals surface area (Å²) >= 11 is 0. The average Bonchev–Trinajstić information content (AvgIpc) is 2.21. The zero-order chi connectivity index (χ0) is 9.97. The Bertz CT molecular complexity index is 372. The Kier molecular flexibility index (Phi) is 2.11. The zero-order valence-electron chi connectivity index (χ0n) is 7.44. The lowest BCUT2D eigenvalue weighted by Crippen LogP contribution is -1.89. The van der Waals surface area contributed by atoms with Gasteiger partial charge in [0, 0.05) is 0 Å². The Labute approximate surface area is 82.1 Å². The molecule has 0 heterocycles. The van der Waals surface area contributed by atoms with Crippen molar-refractivity contribution in [3.05, 3.63) is 48.5 Å². The van der Waals surface area contributed by atoms with E-state index in [4.69, 9.17) is 0 Å². The molecule has 2 aromatic rings. The highest BCUT2D eigenvalue weighted by atomic mass is 16.3. The topological polar surface area (TPSA) is 46.1 Å². The van der Waals surface area contributed by atoms with E-state index in [9.17, 15) is 10.2 Å². The summed E-state index contributed by atoms with van der Waals surface area (Å²) in [5.74, 6) is -0.0107. The maximum absolute atomic E-state index is 10.9. The molecular weight excluding hydrogens is 176 g/mol. The molecule has 0 unspecified atom stereocenters. The Morgan fingerprint density at radius 1 is 0.500 bits per heavy atom. The molecule has 2 aromatic carbocycles. The minimum Gasteiger partial charge on any atom is -0.872 e. The van der Waals surface area contributed by atoms with Gasteiger partial charge in [-0.3, -0.25) is 0 Å². The van der Waals surface area contributed by atoms with Crippen LogP contribution in [0, 0.1) is 0 Å². The van der Waals surface area contributed by atoms with Crippen molar-refractivity contribution in [2.24, 2.45) is 0 Å². The van der Waals surface area contributed by atoms with Crippen molar-refractivity contribution in [1.29, 1.82) is 0 Å². The quantitative estimate of drug-likeness (QED) is 0.674. The molecule has 0 N–H and O–H groups in total. The third-order valence-corrected chi connectivity index (χ3v) is 2.04. The van der Waals surface area contributed by atoms with E-state index in [0.717, 1.165) is 11.1 Å². The molecule has 0 aliphatic rings. The minimum atomic E-state index is -0.00537. The van der Waals surface area contributed by atoms with Crippen molar-refractivity contribution >= 4 is 0 Å². The highest BCUT2D eigenvalue weighted by molar-refractivity contribution is 5.64. The first-order valence-electron chi connectivity index (χ1n) is 4.30. The molecule has 0 fully saturated rings. The molecule has 0 aliphatic carbocycles. The van der Waals surface area contributed by atoms with Crippen molar-refractivity contribution in [3.8, 4) is 22.6 Å². The molecule has 0 atom stereocenters. The standard InChI is InChI=1S/C12H10O2/c13-11-5-1-9(2-6-11)10-3-7-12(14)8-4-10/h1-8,13-14H/p-2. The summed E-state index contributed by atoms with van der Waals surface area (Å²) in [4.78, 5) is 0. The fourth-order valence-electron chi connectivity index (χ4n) is 1.29. The second-order valence-electron chi connectivity index (χ2n) is 3.05. The van der Waals surface area contributed by atoms with E-state index in [1.165, 1.54) is 24.3 Å². The summed E-state index contributed by atoms with van der Waals surface area (Å²) in [6.07, 6.45) is 0. The van der Waals surface area contributed by atoms with E-state index < -0.39 is 0 Å². The van der Waals surface area contributed by atoms with Crippen molar-refractivity contribution in [2.45, 2.75) is 0 Å². The summed E-state index contributed by atoms with van der Waals surface area (Å²) in [7, 11) is 0. The van der Waals surface area contributed by atoms with Gasteiger partial charge in [-0.25, -0.2) is 0 Å². The Morgan fingerprint density at radius 3 is 1.07 bits per heavy atom. The molecule has 0 bridgehead atoms. The molecule has 14 heavy (non-hydrogen) atoms. The molecule has 2 heteroatoms. The molecule has 0 saturated heterocycles. The summed E-state index contributed by atoms with van der Waals surface area (Å²) in [6, 6.07) is 13.1. The highest BCUT2D eigenvalue weighted by Crippen LogP contribution is 2.21. The maximum Gasteiger partial charge on any atom is -0.0184 e. The first kappa shape index (κ1) is 8.63. The van der Waals surface area contributed by atoms with Gasteiger partial charge in [0.1, 0.15) is 0 Å². The molecule has 2 nitrogen and oxygen atoms in total. The summed E-state index contributed by atoms with van der Waals surface area (Å²) in [6.45, 7) is 0. The molecular formula is C12H8O2-2. The predicted octanol–water partition coefficient (Wildman–Crippen LogP) is 1.50. The minimum absolute atomic E-state index is 0.00537. The zero-order valence-corrected chi connectivity index (χ0v) is 7.44. The number of benzene rings is 2. The van der Waals surface area contributed by atoms with Crippen molar-refractivity contribution in [1.82, 2.24) is 0 Å². The third kappa shape index (κ3) is 1.69. The number of rotatable bonds is 1. The smallest absolute Gasteiger partial charge is 0.0184 e. The van der Waals surface area contributed by atoms with Crippen LogP contribution in [0.2, 0.25) is 0 Å². The van der Waals surface area contributed by atoms with Gasteiger partial charge in [0.05, 0.1) is 0 Å². The lowest BCUT2D eigenvalue weighted by Gasteiger charge is -2.08. The molecule has 0 radical (unpaired) electrons. The molecule has 0 aliphatic heterocycles. The lowest BCUT2D eigenvalue weighted by atomic mass is 10.1. The second kappa shape index (κ2) is 3.42. The van der Waals surface area contributed by atoms with Crippen LogP contribution < -0.4 is 10.2 Å². The normalized spacial score (nSPS) is 10.0. The van der Waals surface area contributed by atoms with Crippen molar-refractivity contribution in [2.75, 3.05) is 0 Å². The van der Waals surface area contributed by atoms with Crippen LogP contribution in [-0.2, 0) is 0 Å². The van der Waals surface area contributed by atoms with Crippen LogP contribution >= 0.6 is 0 Å². The second-order valence-corrected chi connectivity index (χ2v) is 3.05. The van der Waals surface area contributed by atoms with E-state index in [0.29, 0.717) is 0 Å². The number of hydrogen-bond acceptors (Lipinski definition) is 2. The van der Waals surface area contributed by atoms with Crippen LogP contribution in [-0.4, -0.2) is 0 Å². The van der Waals surface area contributed by atoms with E-state index in [-0.39, 0.29) is 11.5 Å². The van der Waals surface area contributed by atoms with E-state index in [2.05, 4.69) is 0 Å². The lowest BCUT2D eigenvalue weighted by molar-refractivity contribution is -0.269. The molecule has 0 saturated carbocycles. The van der Waals surface area contributed by atoms with Gasteiger partial charge in [-0.15, -0.1) is 11.5 Å².